The molecule has 0 saturated carbocycles. The Kier molecular flexibility index (Phi) is 2.17. The number of carbonyl (C=O) groups is 2. The summed E-state index contributed by atoms with van der Waals surface area (Å²) in [6.45, 7) is 1.73. The summed E-state index contributed by atoms with van der Waals surface area (Å²) < 4.78 is 31.3. The minimum Gasteiger partial charge on any atom is -0.430 e. The van der Waals surface area contributed by atoms with Crippen LogP contribution in [-0.2, 0) is 20.7 Å². The molecule has 18 heavy (non-hydrogen) atoms. The zero-order chi connectivity index (χ0) is 13.0. The number of ether oxygens (including phenoxy) is 1. The van der Waals surface area contributed by atoms with Crippen LogP contribution in [0.2, 0.25) is 0 Å². The Labute approximate surface area is 101 Å². The molecule has 4 nitrogen and oxygen atoms in total. The maximum Gasteiger partial charge on any atom is 0.399 e. The molecule has 1 saturated heterocycles. The van der Waals surface area contributed by atoms with Crippen LogP contribution in [0.3, 0.4) is 0 Å². The molecule has 3 rings (SSSR count). The van der Waals surface area contributed by atoms with Crippen molar-refractivity contribution >= 4 is 11.9 Å². The fourth-order valence-electron chi connectivity index (χ4n) is 2.49. The summed E-state index contributed by atoms with van der Waals surface area (Å²) in [7, 11) is 0. The maximum absolute atomic E-state index is 13.2. The minimum atomic E-state index is -1.02. The molecule has 0 N–H and O–H groups in total. The van der Waals surface area contributed by atoms with Gasteiger partial charge in [0.05, 0.1) is 0 Å². The minimum absolute atomic E-state index is 0.286. The second-order valence-electron chi connectivity index (χ2n) is 4.49. The summed E-state index contributed by atoms with van der Waals surface area (Å²) in [6.07, 6.45) is -0.565. The number of hydrogen-bond acceptors (Lipinski definition) is 3. The molecule has 2 unspecified atom stereocenters. The lowest BCUT2D eigenvalue weighted by molar-refractivity contribution is -0.149. The first kappa shape index (κ1) is 11.1. The molecule has 6 heteroatoms. The third kappa shape index (κ3) is 1.35. The van der Waals surface area contributed by atoms with E-state index in [-0.39, 0.29) is 6.04 Å². The summed E-state index contributed by atoms with van der Waals surface area (Å²) in [6, 6.07) is 1.79. The van der Waals surface area contributed by atoms with Gasteiger partial charge in [-0.1, -0.05) is 0 Å². The fraction of sp³-hybridized carbons (Fsp3) is 0.333. The zero-order valence-electron chi connectivity index (χ0n) is 9.44. The van der Waals surface area contributed by atoms with Crippen LogP contribution in [-0.4, -0.2) is 22.8 Å². The number of carbonyl (C=O) groups excluding carboxylic acids is 2. The SMILES string of the molecule is CC1Cc2cc(F)c(F)cc2C2OC(=O)C(=O)N12. The van der Waals surface area contributed by atoms with E-state index < -0.39 is 29.7 Å². The van der Waals surface area contributed by atoms with E-state index in [0.717, 1.165) is 12.1 Å². The zero-order valence-corrected chi connectivity index (χ0v) is 9.44. The molecular weight excluding hydrogens is 244 g/mol. The average Bonchev–Trinajstić information content (AvgIpc) is 2.60. The van der Waals surface area contributed by atoms with Gasteiger partial charge in [0.2, 0.25) is 6.23 Å². The van der Waals surface area contributed by atoms with E-state index in [1.165, 1.54) is 4.90 Å². The second-order valence-corrected chi connectivity index (χ2v) is 4.49. The van der Waals surface area contributed by atoms with Crippen LogP contribution in [0.25, 0.3) is 0 Å². The lowest BCUT2D eigenvalue weighted by Gasteiger charge is -2.34. The van der Waals surface area contributed by atoms with Gasteiger partial charge >= 0.3 is 11.9 Å². The Hall–Kier alpha value is -1.98. The second kappa shape index (κ2) is 3.51. The molecule has 1 aromatic carbocycles. The number of esters is 1. The summed E-state index contributed by atoms with van der Waals surface area (Å²) in [4.78, 5) is 24.1. The Morgan fingerprint density at radius 2 is 1.94 bits per heavy atom. The molecular formula is C12H9F2NO3. The van der Waals surface area contributed by atoms with Crippen molar-refractivity contribution in [1.82, 2.24) is 4.90 Å². The van der Waals surface area contributed by atoms with Crippen molar-refractivity contribution < 1.29 is 23.1 Å². The van der Waals surface area contributed by atoms with Crippen LogP contribution in [0.5, 0.6) is 0 Å². The standard InChI is InChI=1S/C12H9F2NO3/c1-5-2-6-3-8(13)9(14)4-7(6)11-15(5)10(16)12(17)18-11/h3-5,11H,2H2,1H3. The highest BCUT2D eigenvalue weighted by Gasteiger charge is 2.47. The van der Waals surface area contributed by atoms with Gasteiger partial charge in [-0.2, -0.15) is 0 Å². The van der Waals surface area contributed by atoms with Crippen molar-refractivity contribution in [1.29, 1.82) is 0 Å². The lowest BCUT2D eigenvalue weighted by atomic mass is 9.93. The van der Waals surface area contributed by atoms with Gasteiger partial charge in [0, 0.05) is 11.6 Å². The van der Waals surface area contributed by atoms with E-state index in [9.17, 15) is 18.4 Å². The lowest BCUT2D eigenvalue weighted by Crippen LogP contribution is -2.42. The topological polar surface area (TPSA) is 46.6 Å². The molecule has 0 aromatic heterocycles. The van der Waals surface area contributed by atoms with E-state index in [2.05, 4.69) is 0 Å². The van der Waals surface area contributed by atoms with Gasteiger partial charge in [0.1, 0.15) is 0 Å². The highest BCUT2D eigenvalue weighted by Crippen LogP contribution is 2.38. The van der Waals surface area contributed by atoms with E-state index in [1.54, 1.807) is 6.92 Å². The van der Waals surface area contributed by atoms with Gasteiger partial charge in [-0.15, -0.1) is 0 Å². The number of benzene rings is 1. The Balaban J connectivity index is 2.15. The molecule has 0 radical (unpaired) electrons. The van der Waals surface area contributed by atoms with Gasteiger partial charge in [0.15, 0.2) is 11.6 Å². The Morgan fingerprint density at radius 3 is 2.67 bits per heavy atom. The number of amides is 1. The van der Waals surface area contributed by atoms with E-state index in [1.807, 2.05) is 0 Å². The van der Waals surface area contributed by atoms with Crippen LogP contribution in [0.1, 0.15) is 24.3 Å². The number of halogens is 2. The fourth-order valence-corrected chi connectivity index (χ4v) is 2.49. The van der Waals surface area contributed by atoms with E-state index >= 15 is 0 Å². The highest BCUT2D eigenvalue weighted by atomic mass is 19.2. The molecule has 1 fully saturated rings. The predicted molar refractivity (Wildman–Crippen MR) is 55.2 cm³/mol. The third-order valence-corrected chi connectivity index (χ3v) is 3.32. The number of fused-ring (bicyclic) bond motifs is 3. The summed E-state index contributed by atoms with van der Waals surface area (Å²) in [5, 5.41) is 0. The molecule has 2 heterocycles. The molecule has 2 atom stereocenters. The van der Waals surface area contributed by atoms with Gasteiger partial charge in [-0.25, -0.2) is 13.6 Å². The highest BCUT2D eigenvalue weighted by molar-refractivity contribution is 6.34. The Morgan fingerprint density at radius 1 is 1.28 bits per heavy atom. The van der Waals surface area contributed by atoms with Crippen LogP contribution < -0.4 is 0 Å². The summed E-state index contributed by atoms with van der Waals surface area (Å²) >= 11 is 0. The van der Waals surface area contributed by atoms with Gasteiger partial charge in [-0.05, 0) is 31.0 Å². The third-order valence-electron chi connectivity index (χ3n) is 3.32. The van der Waals surface area contributed by atoms with Crippen LogP contribution in [0.15, 0.2) is 12.1 Å². The first-order valence-corrected chi connectivity index (χ1v) is 5.50. The van der Waals surface area contributed by atoms with Crippen molar-refractivity contribution in [2.45, 2.75) is 25.6 Å². The van der Waals surface area contributed by atoms with Crippen molar-refractivity contribution in [2.75, 3.05) is 0 Å². The largest absolute Gasteiger partial charge is 0.430 e. The molecule has 94 valence electrons. The van der Waals surface area contributed by atoms with Crippen molar-refractivity contribution in [3.8, 4) is 0 Å². The smallest absolute Gasteiger partial charge is 0.399 e. The van der Waals surface area contributed by atoms with Crippen molar-refractivity contribution in [2.24, 2.45) is 0 Å². The first-order chi connectivity index (χ1) is 8.49. The number of hydrogen-bond donors (Lipinski definition) is 0. The molecule has 1 amide bonds. The summed E-state index contributed by atoms with van der Waals surface area (Å²) in [5.74, 6) is -3.64. The number of nitrogens with zero attached hydrogens (tertiary/aromatic N) is 1. The van der Waals surface area contributed by atoms with Gasteiger partial charge in [0.25, 0.3) is 0 Å². The molecule has 1 aromatic rings. The van der Waals surface area contributed by atoms with Crippen LogP contribution >= 0.6 is 0 Å². The van der Waals surface area contributed by atoms with Gasteiger partial charge < -0.3 is 4.74 Å². The number of rotatable bonds is 0. The van der Waals surface area contributed by atoms with Crippen LogP contribution in [0, 0.1) is 11.6 Å². The monoisotopic (exact) mass is 253 g/mol. The van der Waals surface area contributed by atoms with Crippen molar-refractivity contribution in [3.63, 3.8) is 0 Å². The maximum atomic E-state index is 13.2. The molecule has 0 bridgehead atoms. The quantitative estimate of drug-likeness (QED) is 0.517. The van der Waals surface area contributed by atoms with Crippen LogP contribution in [0.4, 0.5) is 8.78 Å². The van der Waals surface area contributed by atoms with Crippen molar-refractivity contribution in [3.05, 3.63) is 34.9 Å². The molecule has 0 spiro atoms. The summed E-state index contributed by atoms with van der Waals surface area (Å²) in [5.41, 5.74) is 0.899. The normalized spacial score (nSPS) is 25.8. The predicted octanol–water partition coefficient (Wildman–Crippen LogP) is 1.29. The average molecular weight is 253 g/mol. The van der Waals surface area contributed by atoms with Gasteiger partial charge in [-0.3, -0.25) is 9.69 Å². The van der Waals surface area contributed by atoms with E-state index in [4.69, 9.17) is 4.74 Å². The molecule has 2 aliphatic heterocycles. The first-order valence-electron chi connectivity index (χ1n) is 5.50. The Bertz CT molecular complexity index is 573. The van der Waals surface area contributed by atoms with E-state index in [0.29, 0.717) is 17.5 Å². The molecule has 2 aliphatic rings. The molecule has 0 aliphatic carbocycles.